The Labute approximate surface area is 179 Å². The Morgan fingerprint density at radius 2 is 2.13 bits per heavy atom. The number of anilines is 3. The molecule has 9 nitrogen and oxygen atoms in total. The van der Waals surface area contributed by atoms with Gasteiger partial charge in [0.15, 0.2) is 0 Å². The van der Waals surface area contributed by atoms with Gasteiger partial charge in [-0.05, 0) is 25.0 Å². The topological polar surface area (TPSA) is 113 Å². The minimum Gasteiger partial charge on any atom is -0.354 e. The Morgan fingerprint density at radius 1 is 1.37 bits per heavy atom. The summed E-state index contributed by atoms with van der Waals surface area (Å²) in [5.74, 6) is 0.0414. The lowest BCUT2D eigenvalue weighted by Gasteiger charge is -2.19. The third-order valence-corrected chi connectivity index (χ3v) is 4.59. The van der Waals surface area contributed by atoms with Gasteiger partial charge in [0, 0.05) is 49.6 Å². The highest BCUT2D eigenvalue weighted by Gasteiger charge is 2.25. The fraction of sp³-hybridized carbons (Fsp3) is 0.421. The molecule has 11 heteroatoms. The Hall–Kier alpha value is -3.01. The molecule has 1 aromatic heterocycles. The number of aromatic nitrogens is 2. The van der Waals surface area contributed by atoms with E-state index < -0.39 is 16.4 Å². The third-order valence-electron chi connectivity index (χ3n) is 4.59. The maximum absolute atomic E-state index is 13.6. The number of carbonyl (C=O) groups is 1. The van der Waals surface area contributed by atoms with Crippen molar-refractivity contribution >= 4 is 41.5 Å². The number of halogens is 2. The Morgan fingerprint density at radius 3 is 2.80 bits per heavy atom. The number of nitrogens with zero attached hydrogens (tertiary/aromatic N) is 4. The van der Waals surface area contributed by atoms with Crippen molar-refractivity contribution in [3.63, 3.8) is 0 Å². The van der Waals surface area contributed by atoms with E-state index in [0.29, 0.717) is 12.2 Å². The molecule has 2 N–H and O–H groups in total. The SMILES string of the molecule is CCCc1cc(N2CCC(NC(C)=O)C2)nc(Nc2ccc(F)c([N+](=O)[O-])c2)n1.Cl. The first-order valence-corrected chi connectivity index (χ1v) is 9.46. The minimum absolute atomic E-state index is 0. The number of benzene rings is 1. The quantitative estimate of drug-likeness (QED) is 0.503. The minimum atomic E-state index is -0.900. The van der Waals surface area contributed by atoms with Crippen LogP contribution in [0, 0.1) is 15.9 Å². The molecule has 1 aromatic carbocycles. The number of aryl methyl sites for hydroxylation is 1. The molecule has 162 valence electrons. The molecule has 2 aromatic rings. The van der Waals surface area contributed by atoms with Crippen LogP contribution in [0.1, 0.15) is 32.4 Å². The number of hydrogen-bond donors (Lipinski definition) is 2. The van der Waals surface area contributed by atoms with Crippen molar-refractivity contribution in [3.8, 4) is 0 Å². The number of hydrogen-bond acceptors (Lipinski definition) is 7. The smallest absolute Gasteiger partial charge is 0.306 e. The van der Waals surface area contributed by atoms with Gasteiger partial charge < -0.3 is 15.5 Å². The van der Waals surface area contributed by atoms with E-state index in [2.05, 4.69) is 25.5 Å². The maximum Gasteiger partial charge on any atom is 0.306 e. The van der Waals surface area contributed by atoms with E-state index in [1.54, 1.807) is 0 Å². The van der Waals surface area contributed by atoms with Crippen LogP contribution in [0.25, 0.3) is 0 Å². The Bertz CT molecular complexity index is 929. The Kier molecular flexibility index (Phi) is 7.87. The Balaban J connectivity index is 0.00000320. The summed E-state index contributed by atoms with van der Waals surface area (Å²) in [5.41, 5.74) is 0.549. The van der Waals surface area contributed by atoms with Crippen molar-refractivity contribution < 1.29 is 14.1 Å². The second-order valence-corrected chi connectivity index (χ2v) is 6.97. The highest BCUT2D eigenvalue weighted by molar-refractivity contribution is 5.85. The van der Waals surface area contributed by atoms with Crippen LogP contribution in [0.15, 0.2) is 24.3 Å². The largest absolute Gasteiger partial charge is 0.354 e. The number of carbonyl (C=O) groups excluding carboxylic acids is 1. The average molecular weight is 439 g/mol. The number of nitro benzene ring substituents is 1. The summed E-state index contributed by atoms with van der Waals surface area (Å²) in [6.45, 7) is 4.93. The summed E-state index contributed by atoms with van der Waals surface area (Å²) in [5, 5.41) is 16.8. The molecule has 0 aliphatic carbocycles. The predicted octanol–water partition coefficient (Wildman–Crippen LogP) is 3.36. The number of nitrogens with one attached hydrogen (secondary N) is 2. The molecule has 1 atom stereocenters. The molecule has 0 saturated carbocycles. The number of nitro groups is 1. The molecular weight excluding hydrogens is 415 g/mol. The summed E-state index contributed by atoms with van der Waals surface area (Å²) in [6.07, 6.45) is 2.46. The van der Waals surface area contributed by atoms with Crippen LogP contribution >= 0.6 is 12.4 Å². The van der Waals surface area contributed by atoms with E-state index in [-0.39, 0.29) is 30.3 Å². The van der Waals surface area contributed by atoms with Crippen LogP contribution in [0.4, 0.5) is 27.5 Å². The van der Waals surface area contributed by atoms with E-state index in [0.717, 1.165) is 49.5 Å². The number of amides is 1. The van der Waals surface area contributed by atoms with Crippen molar-refractivity contribution in [1.29, 1.82) is 0 Å². The summed E-state index contributed by atoms with van der Waals surface area (Å²) < 4.78 is 13.6. The predicted molar refractivity (Wildman–Crippen MR) is 114 cm³/mol. The van der Waals surface area contributed by atoms with Crippen LogP contribution in [-0.2, 0) is 11.2 Å². The third kappa shape index (κ3) is 5.76. The van der Waals surface area contributed by atoms with Gasteiger partial charge in [-0.1, -0.05) is 13.3 Å². The van der Waals surface area contributed by atoms with Gasteiger partial charge in [0.25, 0.3) is 0 Å². The summed E-state index contributed by atoms with van der Waals surface area (Å²) in [7, 11) is 0. The molecule has 1 aliphatic rings. The lowest BCUT2D eigenvalue weighted by atomic mass is 10.2. The molecule has 1 aliphatic heterocycles. The van der Waals surface area contributed by atoms with Crippen LogP contribution in [-0.4, -0.2) is 39.9 Å². The molecule has 30 heavy (non-hydrogen) atoms. The highest BCUT2D eigenvalue weighted by Crippen LogP contribution is 2.26. The van der Waals surface area contributed by atoms with Gasteiger partial charge in [-0.15, -0.1) is 12.4 Å². The molecule has 1 unspecified atom stereocenters. The zero-order valence-corrected chi connectivity index (χ0v) is 17.5. The second-order valence-electron chi connectivity index (χ2n) is 6.97. The second kappa shape index (κ2) is 10.1. The standard InChI is InChI=1S/C19H23FN6O3.ClH/c1-3-4-13-10-18(25-8-7-15(11-25)21-12(2)27)24-19(22-13)23-14-5-6-16(20)17(9-14)26(28)29;/h5-6,9-10,15H,3-4,7-8,11H2,1-2H3,(H,21,27)(H,22,23,24);1H. The van der Waals surface area contributed by atoms with Gasteiger partial charge >= 0.3 is 5.69 Å². The molecule has 1 fully saturated rings. The van der Waals surface area contributed by atoms with Crippen molar-refractivity contribution in [2.45, 2.75) is 39.2 Å². The first kappa shape index (κ1) is 23.3. The molecule has 3 rings (SSSR count). The highest BCUT2D eigenvalue weighted by atomic mass is 35.5. The zero-order valence-electron chi connectivity index (χ0n) is 16.7. The maximum atomic E-state index is 13.6. The molecular formula is C19H24ClFN6O3. The fourth-order valence-corrected chi connectivity index (χ4v) is 3.32. The molecule has 0 radical (unpaired) electrons. The molecule has 1 amide bonds. The number of rotatable bonds is 7. The molecule has 0 bridgehead atoms. The van der Waals surface area contributed by atoms with Gasteiger partial charge in [-0.2, -0.15) is 9.37 Å². The first-order valence-electron chi connectivity index (χ1n) is 9.46. The van der Waals surface area contributed by atoms with Crippen LogP contribution in [0.3, 0.4) is 0 Å². The summed E-state index contributed by atoms with van der Waals surface area (Å²) in [6, 6.07) is 5.54. The van der Waals surface area contributed by atoms with Crippen LogP contribution < -0.4 is 15.5 Å². The van der Waals surface area contributed by atoms with Crippen molar-refractivity contribution in [2.75, 3.05) is 23.3 Å². The lowest BCUT2D eigenvalue weighted by Crippen LogP contribution is -2.35. The summed E-state index contributed by atoms with van der Waals surface area (Å²) in [4.78, 5) is 32.6. The van der Waals surface area contributed by atoms with E-state index in [1.807, 2.05) is 13.0 Å². The summed E-state index contributed by atoms with van der Waals surface area (Å²) >= 11 is 0. The zero-order chi connectivity index (χ0) is 21.0. The average Bonchev–Trinajstić information content (AvgIpc) is 3.11. The van der Waals surface area contributed by atoms with Gasteiger partial charge in [-0.25, -0.2) is 4.98 Å². The van der Waals surface area contributed by atoms with Crippen molar-refractivity contribution in [2.24, 2.45) is 0 Å². The normalized spacial score (nSPS) is 15.4. The van der Waals surface area contributed by atoms with Crippen LogP contribution in [0.2, 0.25) is 0 Å². The van der Waals surface area contributed by atoms with E-state index in [9.17, 15) is 19.3 Å². The fourth-order valence-electron chi connectivity index (χ4n) is 3.32. The molecule has 1 saturated heterocycles. The van der Waals surface area contributed by atoms with E-state index in [1.165, 1.54) is 13.0 Å². The van der Waals surface area contributed by atoms with Gasteiger partial charge in [0.1, 0.15) is 5.82 Å². The van der Waals surface area contributed by atoms with E-state index in [4.69, 9.17) is 0 Å². The monoisotopic (exact) mass is 438 g/mol. The van der Waals surface area contributed by atoms with Crippen LogP contribution in [0.5, 0.6) is 0 Å². The van der Waals surface area contributed by atoms with Crippen molar-refractivity contribution in [3.05, 3.63) is 45.9 Å². The van der Waals surface area contributed by atoms with Crippen molar-refractivity contribution in [1.82, 2.24) is 15.3 Å². The van der Waals surface area contributed by atoms with Gasteiger partial charge in [0.2, 0.25) is 17.7 Å². The molecule has 0 spiro atoms. The molecule has 2 heterocycles. The van der Waals surface area contributed by atoms with Gasteiger partial charge in [-0.3, -0.25) is 14.9 Å². The first-order chi connectivity index (χ1) is 13.9. The van der Waals surface area contributed by atoms with Gasteiger partial charge in [0.05, 0.1) is 4.92 Å². The van der Waals surface area contributed by atoms with E-state index >= 15 is 0 Å². The lowest BCUT2D eigenvalue weighted by molar-refractivity contribution is -0.387.